The standard InChI is InChI=1S/C21H18Cl2FNO3/c1-11(2)9-17(26)18-19(12-3-5-13(22)6-4-12)25(21(28)20(18)27)14-7-8-16(24)15(23)10-14/h3-8,10-11,19,27H,9H2,1-2H3. The Hall–Kier alpha value is -2.37. The topological polar surface area (TPSA) is 57.6 Å². The van der Waals surface area contributed by atoms with Crippen molar-refractivity contribution in [2.45, 2.75) is 26.3 Å². The molecule has 146 valence electrons. The van der Waals surface area contributed by atoms with Gasteiger partial charge in [-0.1, -0.05) is 49.2 Å². The second-order valence-electron chi connectivity index (χ2n) is 7.01. The molecule has 0 bridgehead atoms. The van der Waals surface area contributed by atoms with Gasteiger partial charge in [-0.2, -0.15) is 0 Å². The normalized spacial score (nSPS) is 17.0. The molecule has 2 aromatic rings. The van der Waals surface area contributed by atoms with Crippen LogP contribution in [0.15, 0.2) is 53.8 Å². The lowest BCUT2D eigenvalue weighted by Gasteiger charge is -2.27. The van der Waals surface area contributed by atoms with Gasteiger partial charge in [0.1, 0.15) is 5.82 Å². The van der Waals surface area contributed by atoms with E-state index in [0.29, 0.717) is 10.6 Å². The fourth-order valence-electron chi connectivity index (χ4n) is 3.23. The summed E-state index contributed by atoms with van der Waals surface area (Å²) in [5, 5.41) is 10.8. The first kappa shape index (κ1) is 20.4. The van der Waals surface area contributed by atoms with Gasteiger partial charge in [-0.3, -0.25) is 14.5 Å². The summed E-state index contributed by atoms with van der Waals surface area (Å²) in [6.45, 7) is 3.75. The van der Waals surface area contributed by atoms with Gasteiger partial charge in [-0.25, -0.2) is 4.39 Å². The SMILES string of the molecule is CC(C)CC(=O)C1=C(O)C(=O)N(c2ccc(F)c(Cl)c2)C1c1ccc(Cl)cc1. The summed E-state index contributed by atoms with van der Waals surface area (Å²) in [7, 11) is 0. The molecule has 3 rings (SSSR count). The van der Waals surface area contributed by atoms with Gasteiger partial charge in [0, 0.05) is 17.1 Å². The highest BCUT2D eigenvalue weighted by Crippen LogP contribution is 2.42. The van der Waals surface area contributed by atoms with Gasteiger partial charge < -0.3 is 5.11 Å². The molecular weight excluding hydrogens is 404 g/mol. The molecule has 1 aliphatic heterocycles. The number of amides is 1. The maximum absolute atomic E-state index is 13.6. The molecule has 2 aromatic carbocycles. The van der Waals surface area contributed by atoms with Gasteiger partial charge in [0.15, 0.2) is 11.5 Å². The van der Waals surface area contributed by atoms with Crippen molar-refractivity contribution < 1.29 is 19.1 Å². The van der Waals surface area contributed by atoms with Crippen molar-refractivity contribution in [3.8, 4) is 0 Å². The Bertz CT molecular complexity index is 970. The van der Waals surface area contributed by atoms with E-state index in [2.05, 4.69) is 0 Å². The zero-order chi connectivity index (χ0) is 20.6. The number of halogens is 3. The van der Waals surface area contributed by atoms with Crippen LogP contribution >= 0.6 is 23.2 Å². The summed E-state index contributed by atoms with van der Waals surface area (Å²) in [5.74, 6) is -2.26. The van der Waals surface area contributed by atoms with Crippen LogP contribution in [-0.2, 0) is 9.59 Å². The van der Waals surface area contributed by atoms with Crippen molar-refractivity contribution in [2.75, 3.05) is 4.90 Å². The lowest BCUT2D eigenvalue weighted by Crippen LogP contribution is -2.31. The molecule has 1 N–H and O–H groups in total. The minimum Gasteiger partial charge on any atom is -0.503 e. The third-order valence-corrected chi connectivity index (χ3v) is 5.01. The van der Waals surface area contributed by atoms with Gasteiger partial charge in [0.05, 0.1) is 16.6 Å². The Morgan fingerprint density at radius 1 is 1.18 bits per heavy atom. The maximum Gasteiger partial charge on any atom is 0.294 e. The van der Waals surface area contributed by atoms with E-state index in [1.54, 1.807) is 24.3 Å². The summed E-state index contributed by atoms with van der Waals surface area (Å²) in [6, 6.07) is 9.58. The van der Waals surface area contributed by atoms with Crippen LogP contribution in [0.5, 0.6) is 0 Å². The Balaban J connectivity index is 2.16. The lowest BCUT2D eigenvalue weighted by molar-refractivity contribution is -0.118. The molecule has 4 nitrogen and oxygen atoms in total. The van der Waals surface area contributed by atoms with E-state index < -0.39 is 23.5 Å². The largest absolute Gasteiger partial charge is 0.503 e. The summed E-state index contributed by atoms with van der Waals surface area (Å²) >= 11 is 11.9. The van der Waals surface area contributed by atoms with Gasteiger partial charge >= 0.3 is 0 Å². The van der Waals surface area contributed by atoms with Crippen molar-refractivity contribution in [3.05, 3.63) is 75.2 Å². The third-order valence-electron chi connectivity index (χ3n) is 4.47. The smallest absolute Gasteiger partial charge is 0.294 e. The van der Waals surface area contributed by atoms with E-state index in [1.165, 1.54) is 17.0 Å². The Labute approximate surface area is 172 Å². The molecule has 7 heteroatoms. The number of ketones is 1. The van der Waals surface area contributed by atoms with Crippen LogP contribution in [0.25, 0.3) is 0 Å². The highest BCUT2D eigenvalue weighted by atomic mass is 35.5. The minimum atomic E-state index is -0.863. The van der Waals surface area contributed by atoms with Crippen LogP contribution in [0, 0.1) is 11.7 Å². The molecule has 28 heavy (non-hydrogen) atoms. The molecule has 0 aliphatic carbocycles. The first-order valence-electron chi connectivity index (χ1n) is 8.71. The first-order chi connectivity index (χ1) is 13.2. The molecule has 0 radical (unpaired) electrons. The van der Waals surface area contributed by atoms with E-state index >= 15 is 0 Å². The second kappa shape index (κ2) is 7.94. The van der Waals surface area contributed by atoms with Crippen LogP contribution in [-0.4, -0.2) is 16.8 Å². The number of nitrogens with zero attached hydrogens (tertiary/aromatic N) is 1. The molecule has 1 heterocycles. The molecule has 0 saturated carbocycles. The highest BCUT2D eigenvalue weighted by Gasteiger charge is 2.44. The van der Waals surface area contributed by atoms with Crippen LogP contribution in [0.3, 0.4) is 0 Å². The number of hydrogen-bond donors (Lipinski definition) is 1. The number of benzene rings is 2. The zero-order valence-electron chi connectivity index (χ0n) is 15.2. The van der Waals surface area contributed by atoms with Crippen molar-refractivity contribution in [2.24, 2.45) is 5.92 Å². The van der Waals surface area contributed by atoms with Crippen molar-refractivity contribution in [3.63, 3.8) is 0 Å². The number of anilines is 1. The lowest BCUT2D eigenvalue weighted by atomic mass is 9.92. The molecule has 0 aromatic heterocycles. The van der Waals surface area contributed by atoms with Crippen LogP contribution in [0.2, 0.25) is 10.0 Å². The second-order valence-corrected chi connectivity index (χ2v) is 7.85. The summed E-state index contributed by atoms with van der Waals surface area (Å²) in [5.41, 5.74) is 0.881. The van der Waals surface area contributed by atoms with E-state index in [9.17, 15) is 19.1 Å². The fourth-order valence-corrected chi connectivity index (χ4v) is 3.53. The molecule has 1 atom stereocenters. The van der Waals surface area contributed by atoms with Crippen molar-refractivity contribution in [1.29, 1.82) is 0 Å². The predicted octanol–water partition coefficient (Wildman–Crippen LogP) is 5.65. The molecular formula is C21H18Cl2FNO3. The molecule has 1 unspecified atom stereocenters. The molecule has 0 fully saturated rings. The van der Waals surface area contributed by atoms with Crippen molar-refractivity contribution >= 4 is 40.6 Å². The van der Waals surface area contributed by atoms with E-state index in [4.69, 9.17) is 23.2 Å². The van der Waals surface area contributed by atoms with Gasteiger partial charge in [0.2, 0.25) is 0 Å². The van der Waals surface area contributed by atoms with E-state index in [-0.39, 0.29) is 34.4 Å². The predicted molar refractivity (Wildman–Crippen MR) is 107 cm³/mol. The summed E-state index contributed by atoms with van der Waals surface area (Å²) in [4.78, 5) is 27.0. The number of aliphatic hydroxyl groups is 1. The maximum atomic E-state index is 13.6. The van der Waals surface area contributed by atoms with Crippen molar-refractivity contribution in [1.82, 2.24) is 0 Å². The Kier molecular flexibility index (Phi) is 5.77. The van der Waals surface area contributed by atoms with Crippen LogP contribution in [0.4, 0.5) is 10.1 Å². The fraction of sp³-hybridized carbons (Fsp3) is 0.238. The Morgan fingerprint density at radius 3 is 2.39 bits per heavy atom. The number of aliphatic hydroxyl groups excluding tert-OH is 1. The number of hydrogen-bond acceptors (Lipinski definition) is 3. The Morgan fingerprint density at radius 2 is 1.82 bits per heavy atom. The summed E-state index contributed by atoms with van der Waals surface area (Å²) < 4.78 is 13.6. The van der Waals surface area contributed by atoms with Gasteiger partial charge in [-0.05, 0) is 41.8 Å². The quantitative estimate of drug-likeness (QED) is 0.678. The molecule has 0 saturated heterocycles. The van der Waals surface area contributed by atoms with Crippen LogP contribution in [0.1, 0.15) is 31.9 Å². The summed E-state index contributed by atoms with van der Waals surface area (Å²) in [6.07, 6.45) is 0.175. The zero-order valence-corrected chi connectivity index (χ0v) is 16.8. The van der Waals surface area contributed by atoms with E-state index in [1.807, 2.05) is 13.8 Å². The van der Waals surface area contributed by atoms with Crippen LogP contribution < -0.4 is 4.90 Å². The first-order valence-corrected chi connectivity index (χ1v) is 9.46. The average Bonchev–Trinajstić information content (AvgIpc) is 2.89. The van der Waals surface area contributed by atoms with Gasteiger partial charge in [-0.15, -0.1) is 0 Å². The molecule has 1 amide bonds. The molecule has 1 aliphatic rings. The number of Topliss-reactive ketones (excluding diaryl/α,β-unsaturated/α-hetero) is 1. The number of carbonyl (C=O) groups excluding carboxylic acids is 2. The minimum absolute atomic E-state index is 0.0152. The number of carbonyl (C=O) groups is 2. The monoisotopic (exact) mass is 421 g/mol. The van der Waals surface area contributed by atoms with E-state index in [0.717, 1.165) is 6.07 Å². The average molecular weight is 422 g/mol. The third kappa shape index (κ3) is 3.77. The molecule has 0 spiro atoms. The van der Waals surface area contributed by atoms with Gasteiger partial charge in [0.25, 0.3) is 5.91 Å². The highest BCUT2D eigenvalue weighted by molar-refractivity contribution is 6.31. The number of rotatable bonds is 5.